The van der Waals surface area contributed by atoms with E-state index in [2.05, 4.69) is 6.92 Å². The Balaban J connectivity index is 3.14. The Morgan fingerprint density at radius 1 is 1.33 bits per heavy atom. The fourth-order valence-corrected chi connectivity index (χ4v) is 2.34. The summed E-state index contributed by atoms with van der Waals surface area (Å²) < 4.78 is 0.0495. The maximum absolute atomic E-state index is 10.5. The summed E-state index contributed by atoms with van der Waals surface area (Å²) in [6.45, 7) is 2.19. The molecule has 0 aromatic carbocycles. The summed E-state index contributed by atoms with van der Waals surface area (Å²) in [5.41, 5.74) is 0. The third-order valence-electron chi connectivity index (χ3n) is 2.16. The van der Waals surface area contributed by atoms with E-state index in [1.54, 1.807) is 0 Å². The number of rotatable bonds is 7. The van der Waals surface area contributed by atoms with Gasteiger partial charge in [0.2, 0.25) is 0 Å². The van der Waals surface area contributed by atoms with E-state index in [1.165, 1.54) is 25.7 Å². The third-order valence-corrected chi connectivity index (χ3v) is 5.22. The first kappa shape index (κ1) is 12.3. The van der Waals surface area contributed by atoms with Gasteiger partial charge in [0, 0.05) is 0 Å². The van der Waals surface area contributed by atoms with Crippen LogP contribution in [0.15, 0.2) is 0 Å². The molecule has 1 N–H and O–H groups in total. The van der Waals surface area contributed by atoms with Crippen molar-refractivity contribution in [2.75, 3.05) is 0 Å². The number of hydrogen-bond acceptors (Lipinski definition) is 1. The van der Waals surface area contributed by atoms with Crippen LogP contribution in [0.5, 0.6) is 0 Å². The van der Waals surface area contributed by atoms with Gasteiger partial charge in [-0.25, -0.2) is 0 Å². The number of hydrogen-bond donors (Lipinski definition) is 1. The molecule has 0 saturated carbocycles. The van der Waals surface area contributed by atoms with Gasteiger partial charge in [0.05, 0.1) is 0 Å². The Morgan fingerprint density at radius 3 is 2.42 bits per heavy atom. The van der Waals surface area contributed by atoms with Crippen LogP contribution in [0.2, 0.25) is 3.67 Å². The van der Waals surface area contributed by atoms with E-state index in [0.717, 1.165) is 12.8 Å². The Kier molecular flexibility index (Phi) is 8.19. The number of carbonyl (C=O) groups is 1. The maximum atomic E-state index is 10.5. The molecule has 1 unspecified atom stereocenters. The van der Waals surface area contributed by atoms with Crippen LogP contribution in [-0.4, -0.2) is 35.5 Å². The molecule has 0 fully saturated rings. The van der Waals surface area contributed by atoms with Crippen molar-refractivity contribution < 1.29 is 9.90 Å². The van der Waals surface area contributed by atoms with E-state index in [9.17, 15) is 4.79 Å². The summed E-state index contributed by atoms with van der Waals surface area (Å²) in [5, 5.41) is 8.64. The topological polar surface area (TPSA) is 37.3 Å². The number of unbranched alkanes of at least 4 members (excludes halogenated alkanes) is 4. The molecular weight excluding hydrogens is 255 g/mol. The summed E-state index contributed by atoms with van der Waals surface area (Å²) in [4.78, 5) is 10.5. The van der Waals surface area contributed by atoms with Crippen LogP contribution in [0, 0.1) is 0 Å². The van der Waals surface area contributed by atoms with Gasteiger partial charge < -0.3 is 0 Å². The second-order valence-corrected chi connectivity index (χ2v) is 7.42. The molecule has 70 valence electrons. The van der Waals surface area contributed by atoms with Crippen molar-refractivity contribution in [1.29, 1.82) is 0 Å². The van der Waals surface area contributed by atoms with Crippen molar-refractivity contribution in [3.8, 4) is 0 Å². The molecule has 0 heterocycles. The molecule has 0 aromatic rings. The van der Waals surface area contributed by atoms with Crippen LogP contribution < -0.4 is 0 Å². The van der Waals surface area contributed by atoms with Gasteiger partial charge in [-0.15, -0.1) is 0 Å². The molecule has 3 heteroatoms. The zero-order valence-corrected chi connectivity index (χ0v) is 13.9. The van der Waals surface area contributed by atoms with Gasteiger partial charge in [-0.3, -0.25) is 0 Å². The minimum atomic E-state index is -0.568. The van der Waals surface area contributed by atoms with Crippen LogP contribution >= 0.6 is 0 Å². The monoisotopic (exact) mass is 274 g/mol. The molecule has 0 aliphatic carbocycles. The fraction of sp³-hybridized carbons (Fsp3) is 0.889. The molecule has 0 aliphatic rings. The molecule has 0 spiro atoms. The van der Waals surface area contributed by atoms with Crippen LogP contribution in [0.1, 0.15) is 45.4 Å². The van der Waals surface area contributed by atoms with Gasteiger partial charge in [0.1, 0.15) is 0 Å². The Hall–Kier alpha value is 0.340. The van der Waals surface area contributed by atoms with Crippen molar-refractivity contribution in [2.45, 2.75) is 49.1 Å². The molecule has 0 saturated heterocycles. The number of carboxylic acid groups (broad SMARTS) is 1. The second-order valence-electron chi connectivity index (χ2n) is 3.44. The summed E-state index contributed by atoms with van der Waals surface area (Å²) in [6, 6.07) is 0. The summed E-state index contributed by atoms with van der Waals surface area (Å²) >= 11 is 0.288. The molecule has 1 atom stereocenters. The first-order chi connectivity index (χ1) is 5.68. The second kappa shape index (κ2) is 7.96. The Bertz CT molecular complexity index is 126. The van der Waals surface area contributed by atoms with Gasteiger partial charge in [-0.1, -0.05) is 0 Å². The summed E-state index contributed by atoms with van der Waals surface area (Å²) in [5.74, 6) is -0.568. The van der Waals surface area contributed by atoms with Crippen molar-refractivity contribution in [3.05, 3.63) is 0 Å². The predicted molar refractivity (Wildman–Crippen MR) is 53.3 cm³/mol. The quantitative estimate of drug-likeness (QED) is 0.719. The normalized spacial score (nSPS) is 12.8. The van der Waals surface area contributed by atoms with Crippen LogP contribution in [0.3, 0.4) is 0 Å². The Labute approximate surface area is 89.3 Å². The molecule has 12 heavy (non-hydrogen) atoms. The zero-order chi connectivity index (χ0) is 9.40. The van der Waals surface area contributed by atoms with E-state index in [-0.39, 0.29) is 28.0 Å². The zero-order valence-electron chi connectivity index (χ0n) is 8.18. The van der Waals surface area contributed by atoms with Crippen molar-refractivity contribution in [1.82, 2.24) is 0 Å². The molecule has 0 radical (unpaired) electrons. The van der Waals surface area contributed by atoms with Crippen molar-refractivity contribution in [2.24, 2.45) is 0 Å². The fourth-order valence-electron chi connectivity index (χ4n) is 1.18. The Morgan fingerprint density at radius 2 is 1.92 bits per heavy atom. The van der Waals surface area contributed by atoms with E-state index in [1.807, 2.05) is 0 Å². The molecule has 0 rings (SSSR count). The van der Waals surface area contributed by atoms with E-state index >= 15 is 0 Å². The van der Waals surface area contributed by atoms with Gasteiger partial charge in [0.25, 0.3) is 0 Å². The van der Waals surface area contributed by atoms with Gasteiger partial charge in [-0.05, 0) is 0 Å². The third kappa shape index (κ3) is 7.01. The van der Waals surface area contributed by atoms with Gasteiger partial charge >= 0.3 is 89.4 Å². The van der Waals surface area contributed by atoms with Crippen LogP contribution in [-0.2, 0) is 4.79 Å². The first-order valence-electron chi connectivity index (χ1n) is 4.91. The standard InChI is InChI=1S/C9H17O2.In.2H/c1-2-3-4-5-6-7-8-9(10)11;;;/h8H,2-7H2,1H3,(H,10,11);;;. The molecule has 0 bridgehead atoms. The molecule has 0 aromatic heterocycles. The van der Waals surface area contributed by atoms with Gasteiger partial charge in [0.15, 0.2) is 0 Å². The van der Waals surface area contributed by atoms with E-state index in [0.29, 0.717) is 0 Å². The number of carboxylic acids is 1. The predicted octanol–water partition coefficient (Wildman–Crippen LogP) is 1.85. The molecular formula is C9H19InO2. The SMILES string of the molecule is CCCCCCC[CH]([InH2])C(=O)O. The van der Waals surface area contributed by atoms with Crippen molar-refractivity contribution in [3.63, 3.8) is 0 Å². The summed E-state index contributed by atoms with van der Waals surface area (Å²) in [7, 11) is 0. The molecule has 2 nitrogen and oxygen atoms in total. The minimum absolute atomic E-state index is 0.0495. The average Bonchev–Trinajstić information content (AvgIpc) is 2.03. The first-order valence-corrected chi connectivity index (χ1v) is 8.20. The van der Waals surface area contributed by atoms with Crippen LogP contribution in [0.25, 0.3) is 0 Å². The molecule has 0 aliphatic heterocycles. The van der Waals surface area contributed by atoms with Gasteiger partial charge in [-0.2, -0.15) is 0 Å². The average molecular weight is 274 g/mol. The molecule has 0 amide bonds. The summed E-state index contributed by atoms with van der Waals surface area (Å²) in [6.07, 6.45) is 7.09. The van der Waals surface area contributed by atoms with Crippen molar-refractivity contribution >= 4 is 30.3 Å². The van der Waals surface area contributed by atoms with E-state index < -0.39 is 5.97 Å². The van der Waals surface area contributed by atoms with E-state index in [4.69, 9.17) is 5.11 Å². The van der Waals surface area contributed by atoms with Crippen LogP contribution in [0.4, 0.5) is 0 Å². The number of aliphatic carboxylic acids is 1.